The average Bonchev–Trinajstić information content (AvgIpc) is 2.35. The molecule has 22 heavy (non-hydrogen) atoms. The number of carbonyl (C=O) groups excluding carboxylic acids is 1. The molecule has 0 saturated carbocycles. The van der Waals surface area contributed by atoms with Gasteiger partial charge in [0.05, 0.1) is 0 Å². The van der Waals surface area contributed by atoms with E-state index in [0.29, 0.717) is 18.7 Å². The molecule has 0 radical (unpaired) electrons. The van der Waals surface area contributed by atoms with Crippen LogP contribution in [0.4, 0.5) is 9.18 Å². The Bertz CT molecular complexity index is 480. The normalized spacial score (nSPS) is 12.8. The van der Waals surface area contributed by atoms with Gasteiger partial charge in [-0.25, -0.2) is 9.18 Å². The molecule has 0 fully saturated rings. The lowest BCUT2D eigenvalue weighted by Crippen LogP contribution is -2.42. The molecule has 0 heterocycles. The number of phenols is 1. The van der Waals surface area contributed by atoms with E-state index in [1.54, 1.807) is 20.8 Å². The summed E-state index contributed by atoms with van der Waals surface area (Å²) in [4.78, 5) is 11.6. The molecule has 0 aliphatic carbocycles. The predicted molar refractivity (Wildman–Crippen MR) is 83.2 cm³/mol. The van der Waals surface area contributed by atoms with Crippen LogP contribution < -0.4 is 10.6 Å². The Labute approximate surface area is 130 Å². The van der Waals surface area contributed by atoms with Crippen molar-refractivity contribution >= 4 is 6.09 Å². The van der Waals surface area contributed by atoms with Gasteiger partial charge in [0, 0.05) is 25.2 Å². The summed E-state index contributed by atoms with van der Waals surface area (Å²) < 4.78 is 18.4. The molecule has 124 valence electrons. The van der Waals surface area contributed by atoms with E-state index in [0.717, 1.165) is 12.5 Å². The molecule has 0 bridgehead atoms. The zero-order valence-electron chi connectivity index (χ0n) is 13.6. The summed E-state index contributed by atoms with van der Waals surface area (Å²) in [5, 5.41) is 15.3. The molecule has 1 amide bonds. The Kier molecular flexibility index (Phi) is 6.61. The predicted octanol–water partition coefficient (Wildman–Crippen LogP) is 2.92. The van der Waals surface area contributed by atoms with Gasteiger partial charge < -0.3 is 20.5 Å². The molecule has 1 aromatic carbocycles. The largest absolute Gasteiger partial charge is 0.508 e. The highest BCUT2D eigenvalue weighted by Crippen LogP contribution is 2.14. The third-order valence-electron chi connectivity index (χ3n) is 2.92. The van der Waals surface area contributed by atoms with Crippen LogP contribution in [0.3, 0.4) is 0 Å². The van der Waals surface area contributed by atoms with Crippen molar-refractivity contribution in [2.45, 2.75) is 52.3 Å². The molecule has 3 N–H and O–H groups in total. The van der Waals surface area contributed by atoms with Crippen molar-refractivity contribution in [1.29, 1.82) is 0 Å². The minimum atomic E-state index is -0.529. The van der Waals surface area contributed by atoms with Gasteiger partial charge in [0.15, 0.2) is 0 Å². The molecule has 0 spiro atoms. The molecule has 1 aromatic rings. The van der Waals surface area contributed by atoms with Crippen LogP contribution in [0, 0.1) is 5.82 Å². The van der Waals surface area contributed by atoms with Crippen LogP contribution in [0.2, 0.25) is 0 Å². The fourth-order valence-corrected chi connectivity index (χ4v) is 1.88. The zero-order valence-corrected chi connectivity index (χ0v) is 13.6. The summed E-state index contributed by atoms with van der Waals surface area (Å²) in [7, 11) is 0. The smallest absolute Gasteiger partial charge is 0.407 e. The summed E-state index contributed by atoms with van der Waals surface area (Å²) in [6.07, 6.45) is 0.327. The van der Waals surface area contributed by atoms with Gasteiger partial charge in [-0.15, -0.1) is 0 Å². The Balaban J connectivity index is 2.43. The molecule has 1 atom stereocenters. The highest BCUT2D eigenvalue weighted by Gasteiger charge is 2.17. The lowest BCUT2D eigenvalue weighted by atomic mass is 10.1. The van der Waals surface area contributed by atoms with Gasteiger partial charge in [0.25, 0.3) is 0 Å². The number of hydrogen-bond donors (Lipinski definition) is 3. The van der Waals surface area contributed by atoms with Gasteiger partial charge in [0.2, 0.25) is 0 Å². The maximum absolute atomic E-state index is 13.2. The summed E-state index contributed by atoms with van der Waals surface area (Å²) in [6, 6.07) is 3.95. The first-order valence-corrected chi connectivity index (χ1v) is 7.38. The maximum atomic E-state index is 13.2. The SMILES string of the molecule is CCC(CNC(=O)OC(C)(C)C)NCc1cc(O)cc(F)c1. The molecule has 0 aromatic heterocycles. The summed E-state index contributed by atoms with van der Waals surface area (Å²) in [6.45, 7) is 8.21. The number of phenolic OH excluding ortho intramolecular Hbond substituents is 1. The van der Waals surface area contributed by atoms with E-state index in [1.807, 2.05) is 6.92 Å². The van der Waals surface area contributed by atoms with E-state index in [9.17, 15) is 14.3 Å². The van der Waals surface area contributed by atoms with E-state index in [1.165, 1.54) is 12.1 Å². The molecule has 0 aliphatic heterocycles. The number of hydrogen-bond acceptors (Lipinski definition) is 4. The van der Waals surface area contributed by atoms with Crippen LogP contribution in [0.1, 0.15) is 39.7 Å². The Hall–Kier alpha value is -1.82. The van der Waals surface area contributed by atoms with Crippen molar-refractivity contribution in [1.82, 2.24) is 10.6 Å². The lowest BCUT2D eigenvalue weighted by molar-refractivity contribution is 0.0522. The van der Waals surface area contributed by atoms with Gasteiger partial charge in [-0.3, -0.25) is 0 Å². The Morgan fingerprint density at radius 1 is 1.36 bits per heavy atom. The lowest BCUT2D eigenvalue weighted by Gasteiger charge is -2.22. The standard InChI is InChI=1S/C16H25FN2O3/c1-5-13(10-19-15(21)22-16(2,3)4)18-9-11-6-12(17)8-14(20)7-11/h6-8,13,18,20H,5,9-10H2,1-4H3,(H,19,21). The topological polar surface area (TPSA) is 70.6 Å². The minimum absolute atomic E-state index is 0.0259. The van der Waals surface area contributed by atoms with E-state index >= 15 is 0 Å². The quantitative estimate of drug-likeness (QED) is 0.755. The Morgan fingerprint density at radius 2 is 2.05 bits per heavy atom. The Morgan fingerprint density at radius 3 is 2.59 bits per heavy atom. The first kappa shape index (κ1) is 18.2. The summed E-state index contributed by atoms with van der Waals surface area (Å²) >= 11 is 0. The number of benzene rings is 1. The zero-order chi connectivity index (χ0) is 16.8. The van der Waals surface area contributed by atoms with Crippen molar-refractivity contribution in [2.75, 3.05) is 6.54 Å². The summed E-state index contributed by atoms with van der Waals surface area (Å²) in [5.74, 6) is -0.576. The number of nitrogens with one attached hydrogen (secondary N) is 2. The van der Waals surface area contributed by atoms with Crippen molar-refractivity contribution in [3.05, 3.63) is 29.6 Å². The van der Waals surface area contributed by atoms with Crippen LogP contribution in [-0.4, -0.2) is 29.4 Å². The third kappa shape index (κ3) is 7.26. The molecule has 1 rings (SSSR count). The average molecular weight is 312 g/mol. The van der Waals surface area contributed by atoms with Crippen LogP contribution in [0.15, 0.2) is 18.2 Å². The monoisotopic (exact) mass is 312 g/mol. The number of carbonyl (C=O) groups is 1. The number of halogens is 1. The molecule has 0 aliphatic rings. The number of rotatable bonds is 6. The van der Waals surface area contributed by atoms with Gasteiger partial charge in [-0.05, 0) is 44.9 Å². The van der Waals surface area contributed by atoms with Crippen molar-refractivity contribution in [3.8, 4) is 5.75 Å². The first-order chi connectivity index (χ1) is 10.2. The third-order valence-corrected chi connectivity index (χ3v) is 2.92. The van der Waals surface area contributed by atoms with Crippen LogP contribution in [0.5, 0.6) is 5.75 Å². The number of alkyl carbamates (subject to hydrolysis) is 1. The van der Waals surface area contributed by atoms with Gasteiger partial charge in [0.1, 0.15) is 17.2 Å². The highest BCUT2D eigenvalue weighted by atomic mass is 19.1. The van der Waals surface area contributed by atoms with Gasteiger partial charge in [-0.1, -0.05) is 6.92 Å². The second-order valence-corrected chi connectivity index (χ2v) is 6.19. The number of aromatic hydroxyl groups is 1. The van der Waals surface area contributed by atoms with E-state index < -0.39 is 17.5 Å². The molecule has 5 nitrogen and oxygen atoms in total. The van der Waals surface area contributed by atoms with Gasteiger partial charge in [-0.2, -0.15) is 0 Å². The fourth-order valence-electron chi connectivity index (χ4n) is 1.88. The van der Waals surface area contributed by atoms with Crippen molar-refractivity contribution in [2.24, 2.45) is 0 Å². The first-order valence-electron chi connectivity index (χ1n) is 7.38. The number of ether oxygens (including phenoxy) is 1. The molecule has 1 unspecified atom stereocenters. The second kappa shape index (κ2) is 7.98. The van der Waals surface area contributed by atoms with E-state index in [2.05, 4.69) is 10.6 Å². The minimum Gasteiger partial charge on any atom is -0.508 e. The van der Waals surface area contributed by atoms with Crippen molar-refractivity contribution in [3.63, 3.8) is 0 Å². The van der Waals surface area contributed by atoms with Crippen LogP contribution in [0.25, 0.3) is 0 Å². The van der Waals surface area contributed by atoms with Gasteiger partial charge >= 0.3 is 6.09 Å². The van der Waals surface area contributed by atoms with Crippen molar-refractivity contribution < 1.29 is 19.0 Å². The molecule has 0 saturated heterocycles. The van der Waals surface area contributed by atoms with E-state index in [4.69, 9.17) is 4.74 Å². The fraction of sp³-hybridized carbons (Fsp3) is 0.562. The maximum Gasteiger partial charge on any atom is 0.407 e. The van der Waals surface area contributed by atoms with Crippen LogP contribution >= 0.6 is 0 Å². The number of amides is 1. The van der Waals surface area contributed by atoms with Crippen LogP contribution in [-0.2, 0) is 11.3 Å². The second-order valence-electron chi connectivity index (χ2n) is 6.19. The molecule has 6 heteroatoms. The molecular weight excluding hydrogens is 287 g/mol. The summed E-state index contributed by atoms with van der Waals surface area (Å²) in [5.41, 5.74) is 0.117. The van der Waals surface area contributed by atoms with E-state index in [-0.39, 0.29) is 11.8 Å². The molecular formula is C16H25FN2O3. The highest BCUT2D eigenvalue weighted by molar-refractivity contribution is 5.67.